The van der Waals surface area contributed by atoms with E-state index in [0.717, 1.165) is 11.3 Å². The molecule has 0 spiro atoms. The van der Waals surface area contributed by atoms with Gasteiger partial charge in [-0.1, -0.05) is 12.7 Å². The van der Waals surface area contributed by atoms with Gasteiger partial charge in [-0.25, -0.2) is 0 Å². The smallest absolute Gasteiger partial charge is 0.0294 e. The Hall–Kier alpha value is -0.980. The van der Waals surface area contributed by atoms with Crippen LogP contribution in [-0.4, -0.2) is 0 Å². The largest absolute Gasteiger partial charge is 0.399 e. The molecule has 0 heterocycles. The molecule has 0 saturated heterocycles. The molecule has 0 fully saturated rings. The number of rotatable bonds is 1. The zero-order valence-corrected chi connectivity index (χ0v) is 6.28. The lowest BCUT2D eigenvalue weighted by molar-refractivity contribution is 1.29. The van der Waals surface area contributed by atoms with Gasteiger partial charge in [0.2, 0.25) is 0 Å². The molecule has 0 rings (SSSR count). The zero-order chi connectivity index (χ0) is 7.86. The highest BCUT2D eigenvalue weighted by molar-refractivity contribution is 5.21. The predicted octanol–water partition coefficient (Wildman–Crippen LogP) is 2.23. The van der Waals surface area contributed by atoms with Crippen molar-refractivity contribution in [1.29, 1.82) is 0 Å². The third kappa shape index (κ3) is 7.02. The Morgan fingerprint density at radius 2 is 1.78 bits per heavy atom. The number of hydrogen-bond donors (Lipinski definition) is 1. The average Bonchev–Trinajstić information content (AvgIpc) is 1.91. The van der Waals surface area contributed by atoms with Crippen LogP contribution in [0.5, 0.6) is 0 Å². The Labute approximate surface area is 57.6 Å². The van der Waals surface area contributed by atoms with Gasteiger partial charge in [0, 0.05) is 5.70 Å². The Bertz CT molecular complexity index is 112. The molecule has 0 aromatic heterocycles. The van der Waals surface area contributed by atoms with Crippen molar-refractivity contribution in [1.82, 2.24) is 0 Å². The van der Waals surface area contributed by atoms with Gasteiger partial charge < -0.3 is 5.73 Å². The second-order valence-corrected chi connectivity index (χ2v) is 1.52. The summed E-state index contributed by atoms with van der Waals surface area (Å²) in [7, 11) is 0. The summed E-state index contributed by atoms with van der Waals surface area (Å²) in [5.41, 5.74) is 7.09. The van der Waals surface area contributed by atoms with Crippen LogP contribution in [0.25, 0.3) is 0 Å². The molecule has 52 valence electrons. The Morgan fingerprint density at radius 1 is 1.44 bits per heavy atom. The average molecular weight is 125 g/mol. The van der Waals surface area contributed by atoms with Gasteiger partial charge in [-0.05, 0) is 19.4 Å². The van der Waals surface area contributed by atoms with Crippen LogP contribution in [0.4, 0.5) is 0 Å². The van der Waals surface area contributed by atoms with E-state index in [2.05, 4.69) is 19.7 Å². The molecule has 0 amide bonds. The molecule has 0 radical (unpaired) electrons. The van der Waals surface area contributed by atoms with Crippen molar-refractivity contribution >= 4 is 0 Å². The van der Waals surface area contributed by atoms with Crippen LogP contribution in [0.1, 0.15) is 13.8 Å². The van der Waals surface area contributed by atoms with E-state index in [0.29, 0.717) is 0 Å². The first kappa shape index (κ1) is 10.9. The second-order valence-electron chi connectivity index (χ2n) is 1.52. The SMILES string of the molecule is C=C.C=C(C)/C(N)=C\C. The Kier molecular flexibility index (Phi) is 8.51. The zero-order valence-electron chi connectivity index (χ0n) is 6.28. The summed E-state index contributed by atoms with van der Waals surface area (Å²) in [6, 6.07) is 0. The summed E-state index contributed by atoms with van der Waals surface area (Å²) in [6.45, 7) is 13.4. The van der Waals surface area contributed by atoms with Crippen molar-refractivity contribution in [2.45, 2.75) is 13.8 Å². The van der Waals surface area contributed by atoms with Crippen molar-refractivity contribution in [2.75, 3.05) is 0 Å². The van der Waals surface area contributed by atoms with Gasteiger partial charge in [-0.15, -0.1) is 13.2 Å². The van der Waals surface area contributed by atoms with E-state index < -0.39 is 0 Å². The summed E-state index contributed by atoms with van der Waals surface area (Å²) < 4.78 is 0. The summed E-state index contributed by atoms with van der Waals surface area (Å²) >= 11 is 0. The molecule has 2 N–H and O–H groups in total. The van der Waals surface area contributed by atoms with E-state index in [9.17, 15) is 0 Å². The van der Waals surface area contributed by atoms with Crippen LogP contribution >= 0.6 is 0 Å². The summed E-state index contributed by atoms with van der Waals surface area (Å²) in [5, 5.41) is 0. The molecule has 0 unspecified atom stereocenters. The molecule has 0 aliphatic heterocycles. The molecular weight excluding hydrogens is 110 g/mol. The maximum atomic E-state index is 5.38. The standard InChI is InChI=1S/C6H11N.C2H4/c1-4-6(7)5(2)3;1-2/h4H,2,7H2,1,3H3;1-2H2/b6-4+;. The number of nitrogens with two attached hydrogens (primary N) is 1. The fraction of sp³-hybridized carbons (Fsp3) is 0.250. The van der Waals surface area contributed by atoms with Crippen LogP contribution in [0.15, 0.2) is 37.1 Å². The van der Waals surface area contributed by atoms with Gasteiger partial charge in [0.05, 0.1) is 0 Å². The first-order valence-corrected chi connectivity index (χ1v) is 2.76. The van der Waals surface area contributed by atoms with Crippen LogP contribution in [0, 0.1) is 0 Å². The number of hydrogen-bond acceptors (Lipinski definition) is 1. The van der Waals surface area contributed by atoms with E-state index in [-0.39, 0.29) is 0 Å². The van der Waals surface area contributed by atoms with E-state index in [1.165, 1.54) is 0 Å². The first-order valence-electron chi connectivity index (χ1n) is 2.76. The molecule has 1 nitrogen and oxygen atoms in total. The summed E-state index contributed by atoms with van der Waals surface area (Å²) in [6.07, 6.45) is 1.84. The van der Waals surface area contributed by atoms with Crippen molar-refractivity contribution in [3.63, 3.8) is 0 Å². The van der Waals surface area contributed by atoms with E-state index in [1.54, 1.807) is 0 Å². The molecule has 0 aliphatic carbocycles. The van der Waals surface area contributed by atoms with E-state index in [1.807, 2.05) is 19.9 Å². The monoisotopic (exact) mass is 125 g/mol. The summed E-state index contributed by atoms with van der Waals surface area (Å²) in [4.78, 5) is 0. The Balaban J connectivity index is 0. The molecule has 1 heteroatoms. The predicted molar refractivity (Wildman–Crippen MR) is 44.0 cm³/mol. The summed E-state index contributed by atoms with van der Waals surface area (Å²) in [5.74, 6) is 0. The van der Waals surface area contributed by atoms with Crippen LogP contribution in [-0.2, 0) is 0 Å². The van der Waals surface area contributed by atoms with E-state index >= 15 is 0 Å². The van der Waals surface area contributed by atoms with Gasteiger partial charge >= 0.3 is 0 Å². The lowest BCUT2D eigenvalue weighted by Crippen LogP contribution is -1.95. The molecule has 0 aromatic carbocycles. The normalized spacial score (nSPS) is 9.33. The minimum atomic E-state index is 0.778. The van der Waals surface area contributed by atoms with Crippen LogP contribution in [0.3, 0.4) is 0 Å². The highest BCUT2D eigenvalue weighted by Gasteiger charge is 1.81. The number of allylic oxidation sites excluding steroid dienone is 2. The fourth-order valence-corrected chi connectivity index (χ4v) is 0.246. The third-order valence-electron chi connectivity index (χ3n) is 0.804. The topological polar surface area (TPSA) is 26.0 Å². The highest BCUT2D eigenvalue weighted by atomic mass is 14.6. The lowest BCUT2D eigenvalue weighted by Gasteiger charge is -1.92. The lowest BCUT2D eigenvalue weighted by atomic mass is 10.2. The quantitative estimate of drug-likeness (QED) is 0.422. The first-order chi connectivity index (χ1) is 4.18. The van der Waals surface area contributed by atoms with Gasteiger partial charge in [0.1, 0.15) is 0 Å². The molecular formula is C8H15N. The van der Waals surface area contributed by atoms with Crippen molar-refractivity contribution in [3.05, 3.63) is 37.1 Å². The molecule has 0 bridgehead atoms. The molecule has 0 aliphatic rings. The maximum Gasteiger partial charge on any atom is 0.0294 e. The van der Waals surface area contributed by atoms with Crippen LogP contribution < -0.4 is 5.73 Å². The molecule has 0 atom stereocenters. The maximum absolute atomic E-state index is 5.38. The van der Waals surface area contributed by atoms with Gasteiger partial charge in [0.15, 0.2) is 0 Å². The van der Waals surface area contributed by atoms with Gasteiger partial charge in [-0.2, -0.15) is 0 Å². The highest BCUT2D eigenvalue weighted by Crippen LogP contribution is 1.95. The van der Waals surface area contributed by atoms with Crippen molar-refractivity contribution in [2.24, 2.45) is 5.73 Å². The van der Waals surface area contributed by atoms with Crippen molar-refractivity contribution < 1.29 is 0 Å². The molecule has 0 saturated carbocycles. The van der Waals surface area contributed by atoms with Gasteiger partial charge in [-0.3, -0.25) is 0 Å². The van der Waals surface area contributed by atoms with Crippen molar-refractivity contribution in [3.8, 4) is 0 Å². The second kappa shape index (κ2) is 7.02. The van der Waals surface area contributed by atoms with E-state index in [4.69, 9.17) is 5.73 Å². The third-order valence-corrected chi connectivity index (χ3v) is 0.804. The van der Waals surface area contributed by atoms with Gasteiger partial charge in [0.25, 0.3) is 0 Å². The minimum Gasteiger partial charge on any atom is -0.399 e. The molecule has 0 aromatic rings. The minimum absolute atomic E-state index is 0.778. The van der Waals surface area contributed by atoms with Crippen LogP contribution in [0.2, 0.25) is 0 Å². The molecule has 9 heavy (non-hydrogen) atoms. The Morgan fingerprint density at radius 3 is 1.78 bits per heavy atom. The fourth-order valence-electron chi connectivity index (χ4n) is 0.246.